The number of nitrogens with zero attached hydrogens (tertiary/aromatic N) is 2. The number of hydrogen-bond donors (Lipinski definition) is 2. The first kappa shape index (κ1) is 18.2. The van der Waals surface area contributed by atoms with Gasteiger partial charge in [-0.1, -0.05) is 12.1 Å². The van der Waals surface area contributed by atoms with Gasteiger partial charge in [-0.2, -0.15) is 0 Å². The van der Waals surface area contributed by atoms with Crippen molar-refractivity contribution >= 4 is 17.8 Å². The molecule has 2 heterocycles. The minimum Gasteiger partial charge on any atom is -0.366 e. The normalized spacial score (nSPS) is 18.7. The molecule has 2 aliphatic heterocycles. The molecule has 0 aliphatic carbocycles. The van der Waals surface area contributed by atoms with E-state index in [0.717, 1.165) is 37.8 Å². The third-order valence-corrected chi connectivity index (χ3v) is 5.23. The van der Waals surface area contributed by atoms with Gasteiger partial charge >= 0.3 is 6.03 Å². The number of amides is 4. The lowest BCUT2D eigenvalue weighted by Gasteiger charge is -2.40. The van der Waals surface area contributed by atoms with Gasteiger partial charge in [-0.05, 0) is 43.4 Å². The highest BCUT2D eigenvalue weighted by Gasteiger charge is 2.30. The number of likely N-dealkylation sites (tertiary alicyclic amines) is 2. The van der Waals surface area contributed by atoms with E-state index in [4.69, 9.17) is 5.73 Å². The lowest BCUT2D eigenvalue weighted by Crippen LogP contribution is -2.51. The van der Waals surface area contributed by atoms with E-state index >= 15 is 0 Å². The zero-order valence-corrected chi connectivity index (χ0v) is 14.9. The summed E-state index contributed by atoms with van der Waals surface area (Å²) in [6.07, 6.45) is 4.42. The van der Waals surface area contributed by atoms with Crippen LogP contribution in [0.1, 0.15) is 48.0 Å². The Morgan fingerprint density at radius 3 is 2.38 bits per heavy atom. The molecule has 2 saturated heterocycles. The first-order valence-electron chi connectivity index (χ1n) is 9.25. The predicted molar refractivity (Wildman–Crippen MR) is 97.4 cm³/mol. The van der Waals surface area contributed by atoms with Crippen LogP contribution in [-0.4, -0.2) is 53.3 Å². The number of primary amides is 1. The molecule has 1 aromatic carbocycles. The molecule has 0 saturated carbocycles. The number of piperidine rings is 2. The molecule has 3 rings (SSSR count). The summed E-state index contributed by atoms with van der Waals surface area (Å²) in [7, 11) is 0. The van der Waals surface area contributed by atoms with Crippen LogP contribution in [0.15, 0.2) is 24.3 Å². The zero-order chi connectivity index (χ0) is 18.5. The molecular formula is C19H26N4O3. The lowest BCUT2D eigenvalue weighted by molar-refractivity contribution is -0.136. The number of rotatable bonds is 4. The van der Waals surface area contributed by atoms with Gasteiger partial charge in [0.2, 0.25) is 11.8 Å². The van der Waals surface area contributed by atoms with E-state index in [1.54, 1.807) is 24.3 Å². The number of carbonyl (C=O) groups is 3. The van der Waals surface area contributed by atoms with Crippen LogP contribution in [0.3, 0.4) is 0 Å². The van der Waals surface area contributed by atoms with E-state index in [1.165, 1.54) is 0 Å². The van der Waals surface area contributed by atoms with Crippen LogP contribution in [0.25, 0.3) is 0 Å². The van der Waals surface area contributed by atoms with E-state index in [2.05, 4.69) is 5.32 Å². The summed E-state index contributed by atoms with van der Waals surface area (Å²) in [5.74, 6) is -0.200. The molecule has 4 amide bonds. The van der Waals surface area contributed by atoms with Gasteiger partial charge in [-0.25, -0.2) is 4.79 Å². The maximum atomic E-state index is 12.4. The molecule has 0 spiro atoms. The second-order valence-corrected chi connectivity index (χ2v) is 6.98. The minimum absolute atomic E-state index is 0.0904. The molecule has 0 bridgehead atoms. The number of benzene rings is 1. The van der Waals surface area contributed by atoms with E-state index in [0.29, 0.717) is 31.6 Å². The van der Waals surface area contributed by atoms with Crippen molar-refractivity contribution in [1.29, 1.82) is 0 Å². The third kappa shape index (κ3) is 4.33. The molecule has 7 nitrogen and oxygen atoms in total. The fraction of sp³-hybridized carbons (Fsp3) is 0.526. The van der Waals surface area contributed by atoms with Gasteiger partial charge in [0, 0.05) is 44.2 Å². The quantitative estimate of drug-likeness (QED) is 0.853. The van der Waals surface area contributed by atoms with Gasteiger partial charge in [-0.3, -0.25) is 9.59 Å². The highest BCUT2D eigenvalue weighted by molar-refractivity contribution is 5.92. The molecule has 0 aromatic heterocycles. The maximum Gasteiger partial charge on any atom is 0.317 e. The van der Waals surface area contributed by atoms with Crippen molar-refractivity contribution in [3.8, 4) is 0 Å². The van der Waals surface area contributed by atoms with Crippen LogP contribution < -0.4 is 11.1 Å². The van der Waals surface area contributed by atoms with Crippen LogP contribution in [0.4, 0.5) is 4.79 Å². The van der Waals surface area contributed by atoms with Crippen molar-refractivity contribution in [2.75, 3.05) is 19.6 Å². The van der Waals surface area contributed by atoms with Crippen molar-refractivity contribution < 1.29 is 14.4 Å². The van der Waals surface area contributed by atoms with Gasteiger partial charge < -0.3 is 20.9 Å². The molecular weight excluding hydrogens is 332 g/mol. The molecule has 0 radical (unpaired) electrons. The monoisotopic (exact) mass is 358 g/mol. The molecule has 26 heavy (non-hydrogen) atoms. The molecule has 0 unspecified atom stereocenters. The number of hydrogen-bond acceptors (Lipinski definition) is 3. The maximum absolute atomic E-state index is 12.4. The molecule has 2 aliphatic rings. The molecule has 2 fully saturated rings. The second-order valence-electron chi connectivity index (χ2n) is 6.98. The fourth-order valence-electron chi connectivity index (χ4n) is 3.67. The minimum atomic E-state index is -0.462. The van der Waals surface area contributed by atoms with Crippen LogP contribution in [0.5, 0.6) is 0 Å². The second kappa shape index (κ2) is 8.21. The van der Waals surface area contributed by atoms with Crippen molar-refractivity contribution in [3.63, 3.8) is 0 Å². The van der Waals surface area contributed by atoms with Gasteiger partial charge in [0.25, 0.3) is 0 Å². The zero-order valence-electron chi connectivity index (χ0n) is 14.9. The first-order chi connectivity index (χ1) is 12.5. The summed E-state index contributed by atoms with van der Waals surface area (Å²) in [6.45, 7) is 2.60. The van der Waals surface area contributed by atoms with Gasteiger partial charge in [0.1, 0.15) is 0 Å². The Labute approximate surface area is 153 Å². The topological polar surface area (TPSA) is 95.7 Å². The number of nitrogens with one attached hydrogen (secondary N) is 1. The molecule has 0 atom stereocenters. The molecule has 140 valence electrons. The SMILES string of the molecule is NC(=O)c1ccc(CNC(=O)N2CCC(N3CCCCC3=O)CC2)cc1. The average Bonchev–Trinajstić information content (AvgIpc) is 2.67. The Balaban J connectivity index is 1.44. The summed E-state index contributed by atoms with van der Waals surface area (Å²) >= 11 is 0. The van der Waals surface area contributed by atoms with Crippen molar-refractivity contribution in [2.45, 2.75) is 44.7 Å². The summed E-state index contributed by atoms with van der Waals surface area (Å²) in [5, 5.41) is 2.91. The van der Waals surface area contributed by atoms with E-state index in [-0.39, 0.29) is 18.0 Å². The van der Waals surface area contributed by atoms with Crippen molar-refractivity contribution in [1.82, 2.24) is 15.1 Å². The molecule has 7 heteroatoms. The lowest BCUT2D eigenvalue weighted by atomic mass is 10.00. The summed E-state index contributed by atoms with van der Waals surface area (Å²) in [6, 6.07) is 7.07. The first-order valence-corrected chi connectivity index (χ1v) is 9.25. The Hall–Kier alpha value is -2.57. The summed E-state index contributed by atoms with van der Waals surface area (Å²) in [5.41, 5.74) is 6.58. The van der Waals surface area contributed by atoms with Crippen molar-refractivity contribution in [2.24, 2.45) is 5.73 Å². The molecule has 1 aromatic rings. The van der Waals surface area contributed by atoms with Crippen LogP contribution in [0, 0.1) is 0 Å². The van der Waals surface area contributed by atoms with E-state index in [9.17, 15) is 14.4 Å². The summed E-state index contributed by atoms with van der Waals surface area (Å²) < 4.78 is 0. The van der Waals surface area contributed by atoms with Gasteiger partial charge in [0.05, 0.1) is 0 Å². The highest BCUT2D eigenvalue weighted by atomic mass is 16.2. The van der Waals surface area contributed by atoms with Crippen LogP contribution in [0.2, 0.25) is 0 Å². The Morgan fingerprint density at radius 1 is 1.08 bits per heavy atom. The van der Waals surface area contributed by atoms with E-state index in [1.807, 2.05) is 9.80 Å². The van der Waals surface area contributed by atoms with Crippen LogP contribution >= 0.6 is 0 Å². The van der Waals surface area contributed by atoms with Crippen LogP contribution in [-0.2, 0) is 11.3 Å². The standard InChI is InChI=1S/C19H26N4O3/c20-18(25)15-6-4-14(5-7-15)13-21-19(26)22-11-8-16(9-12-22)23-10-2-1-3-17(23)24/h4-7,16H,1-3,8-13H2,(H2,20,25)(H,21,26). The van der Waals surface area contributed by atoms with E-state index < -0.39 is 5.91 Å². The fourth-order valence-corrected chi connectivity index (χ4v) is 3.67. The Bertz CT molecular complexity index is 666. The highest BCUT2D eigenvalue weighted by Crippen LogP contribution is 2.21. The van der Waals surface area contributed by atoms with Gasteiger partial charge in [0.15, 0.2) is 0 Å². The predicted octanol–water partition coefficient (Wildman–Crippen LogP) is 1.47. The smallest absolute Gasteiger partial charge is 0.317 e. The Morgan fingerprint density at radius 2 is 1.77 bits per heavy atom. The largest absolute Gasteiger partial charge is 0.366 e. The average molecular weight is 358 g/mol. The molecule has 3 N–H and O–H groups in total. The number of nitrogens with two attached hydrogens (primary N) is 1. The summed E-state index contributed by atoms with van der Waals surface area (Å²) in [4.78, 5) is 39.3. The number of carbonyl (C=O) groups excluding carboxylic acids is 3. The Kier molecular flexibility index (Phi) is 5.75. The third-order valence-electron chi connectivity index (χ3n) is 5.23. The van der Waals surface area contributed by atoms with Crippen molar-refractivity contribution in [3.05, 3.63) is 35.4 Å². The number of urea groups is 1. The van der Waals surface area contributed by atoms with Gasteiger partial charge in [-0.15, -0.1) is 0 Å².